The number of methoxy groups -OCH3 is 1. The number of nitriles is 2. The van der Waals surface area contributed by atoms with Gasteiger partial charge >= 0.3 is 30.8 Å². The van der Waals surface area contributed by atoms with Gasteiger partial charge in [-0.1, -0.05) is 42.0 Å². The Morgan fingerprint density at radius 3 is 1.54 bits per heavy atom. The number of aliphatic hydroxyl groups is 1. The SMILES string of the molecule is C.COC(=O)C1CN(C(=O)c2cccc(-c3noc(C)n3)c2)CCN1c1ccc(C#N)cn1.Cc1nc(-c2cccc(C(=O)N3CCN(c4ccc(C#N)cn4)C(C(=O)O)C3)c2)no1.OC1CCCO1.[Li+].[OH-]. The molecule has 370 valence electrons. The van der Waals surface area contributed by atoms with Gasteiger partial charge in [-0.3, -0.25) is 9.59 Å². The number of ether oxygens (including phenoxy) is 2. The van der Waals surface area contributed by atoms with Crippen LogP contribution in [0.2, 0.25) is 0 Å². The van der Waals surface area contributed by atoms with E-state index in [2.05, 4.69) is 30.2 Å². The molecule has 0 aliphatic carbocycles. The number of amides is 2. The summed E-state index contributed by atoms with van der Waals surface area (Å²) < 4.78 is 19.7. The number of aliphatic hydroxyl groups excluding tert-OH is 1. The van der Waals surface area contributed by atoms with Gasteiger partial charge in [0, 0.05) is 87.7 Å². The number of aromatic nitrogens is 6. The molecule has 23 nitrogen and oxygen atoms in total. The molecule has 3 saturated heterocycles. The first kappa shape index (κ1) is 56.5. The number of aryl methyl sites for hydroxylation is 2. The second kappa shape index (κ2) is 26.2. The van der Waals surface area contributed by atoms with Crippen LogP contribution in [0.3, 0.4) is 0 Å². The number of rotatable bonds is 8. The number of nitrogens with zero attached hydrogens (tertiary/aromatic N) is 12. The van der Waals surface area contributed by atoms with Crippen LogP contribution >= 0.6 is 0 Å². The maximum atomic E-state index is 13.2. The first-order valence-corrected chi connectivity index (χ1v) is 21.6. The Morgan fingerprint density at radius 1 is 0.722 bits per heavy atom. The number of carboxylic acid groups (broad SMARTS) is 1. The zero-order valence-corrected chi connectivity index (χ0v) is 39.2. The summed E-state index contributed by atoms with van der Waals surface area (Å²) in [6.07, 6.45) is 4.23. The molecule has 72 heavy (non-hydrogen) atoms. The van der Waals surface area contributed by atoms with Gasteiger partial charge in [0.2, 0.25) is 23.4 Å². The van der Waals surface area contributed by atoms with Crippen molar-refractivity contribution in [3.63, 3.8) is 0 Å². The van der Waals surface area contributed by atoms with Crippen LogP contribution < -0.4 is 28.7 Å². The normalized spacial score (nSPS) is 16.8. The Balaban J connectivity index is 0.000000269. The van der Waals surface area contributed by atoms with Crippen molar-refractivity contribution in [1.82, 2.24) is 40.0 Å². The molecule has 3 aliphatic rings. The maximum absolute atomic E-state index is 13.2. The molecule has 0 spiro atoms. The number of piperazine rings is 2. The van der Waals surface area contributed by atoms with Crippen molar-refractivity contribution in [2.45, 2.75) is 52.5 Å². The number of aliphatic carboxylic acids is 1. The average molecular weight is 979 g/mol. The predicted molar refractivity (Wildman–Crippen MR) is 250 cm³/mol. The van der Waals surface area contributed by atoms with Crippen molar-refractivity contribution >= 4 is 35.4 Å². The molecule has 3 fully saturated rings. The van der Waals surface area contributed by atoms with E-state index in [4.69, 9.17) is 34.2 Å². The van der Waals surface area contributed by atoms with E-state index in [0.717, 1.165) is 19.4 Å². The second-order valence-corrected chi connectivity index (χ2v) is 15.7. The number of hydrogen-bond donors (Lipinski definition) is 2. The fourth-order valence-electron chi connectivity index (χ4n) is 7.62. The van der Waals surface area contributed by atoms with Crippen molar-refractivity contribution < 1.29 is 72.2 Å². The van der Waals surface area contributed by atoms with E-state index >= 15 is 0 Å². The smallest absolute Gasteiger partial charge is 0.870 e. The van der Waals surface area contributed by atoms with E-state index in [1.165, 1.54) is 24.4 Å². The molecule has 4 aromatic heterocycles. The van der Waals surface area contributed by atoms with Crippen LogP contribution in [0.15, 0.2) is 94.2 Å². The molecule has 3 unspecified atom stereocenters. The van der Waals surface area contributed by atoms with Crippen molar-refractivity contribution in [2.24, 2.45) is 0 Å². The predicted octanol–water partition coefficient (Wildman–Crippen LogP) is 1.12. The van der Waals surface area contributed by atoms with Gasteiger partial charge in [-0.15, -0.1) is 0 Å². The Hall–Kier alpha value is -8.04. The van der Waals surface area contributed by atoms with E-state index in [-0.39, 0.29) is 56.7 Å². The third-order valence-corrected chi connectivity index (χ3v) is 11.1. The van der Waals surface area contributed by atoms with Gasteiger partial charge in [0.15, 0.2) is 6.29 Å². The van der Waals surface area contributed by atoms with Gasteiger partial charge in [0.05, 0.1) is 31.3 Å². The largest absolute Gasteiger partial charge is 1.00 e. The summed E-state index contributed by atoms with van der Waals surface area (Å²) in [5.41, 5.74) is 2.98. The molecule has 0 bridgehead atoms. The van der Waals surface area contributed by atoms with Crippen LogP contribution in [0.1, 0.15) is 63.9 Å². The molecule has 2 amide bonds. The summed E-state index contributed by atoms with van der Waals surface area (Å²) >= 11 is 0. The standard InChI is InChI=1S/C22H20N6O4.C21H18N6O4.C4H8O2.CH4.Li.H2O/c1-14-25-20(26-32-14)16-4-3-5-17(10-16)21(29)27-8-9-28(18(13-27)22(30)31-2)19-7-6-15(11-23)12-24-19;1-13-24-19(25-31-13)15-3-2-4-16(9-15)20(28)26-7-8-27(17(12-26)21(29)30)18-6-5-14(10-22)11-23-18;5-4-2-1-3-6-4;;;/h3-7,10,12,18H,8-9,13H2,1-2H3;2-6,9,11,17H,7-8,12H2,1H3,(H,29,30);4-5H,1-3H2;1H4;;1H2/q;;;;+1;/p-1. The van der Waals surface area contributed by atoms with E-state index < -0.39 is 30.3 Å². The van der Waals surface area contributed by atoms with Crippen molar-refractivity contribution in [3.8, 4) is 34.9 Å². The Kier molecular flexibility index (Phi) is 20.6. The van der Waals surface area contributed by atoms with Crippen LogP contribution in [0, 0.1) is 36.5 Å². The molecule has 0 saturated carbocycles. The van der Waals surface area contributed by atoms with E-state index in [9.17, 15) is 24.3 Å². The third kappa shape index (κ3) is 13.8. The molecule has 3 N–H and O–H groups in total. The fourth-order valence-corrected chi connectivity index (χ4v) is 7.62. The number of esters is 1. The van der Waals surface area contributed by atoms with Crippen LogP contribution in [-0.4, -0.2) is 151 Å². The monoisotopic (exact) mass is 978 g/mol. The van der Waals surface area contributed by atoms with E-state index in [0.29, 0.717) is 94.6 Å². The van der Waals surface area contributed by atoms with E-state index in [1.807, 2.05) is 12.1 Å². The second-order valence-electron chi connectivity index (χ2n) is 15.7. The maximum Gasteiger partial charge on any atom is 1.00 e. The minimum atomic E-state index is -1.06. The molecule has 3 atom stereocenters. The van der Waals surface area contributed by atoms with Gasteiger partial charge in [-0.25, -0.2) is 19.6 Å². The summed E-state index contributed by atoms with van der Waals surface area (Å²) in [5, 5.41) is 43.9. The third-order valence-electron chi connectivity index (χ3n) is 11.1. The topological polar surface area (TPSA) is 321 Å². The Bertz CT molecular complexity index is 2860. The number of hydrogen-bond acceptors (Lipinski definition) is 20. The number of carbonyl (C=O) groups is 4. The molecule has 0 radical (unpaired) electrons. The molecular formula is C48H51LiN12O11. The summed E-state index contributed by atoms with van der Waals surface area (Å²) in [6, 6.07) is 22.6. The van der Waals surface area contributed by atoms with Gasteiger partial charge in [-0.2, -0.15) is 20.5 Å². The first-order chi connectivity index (χ1) is 33.3. The van der Waals surface area contributed by atoms with Gasteiger partial charge in [-0.05, 0) is 55.0 Å². The number of benzene rings is 2. The quantitative estimate of drug-likeness (QED) is 0.159. The molecule has 6 aromatic rings. The number of carbonyl (C=O) groups excluding carboxylic acids is 3. The number of carboxylic acids is 1. The molecule has 3 aliphatic heterocycles. The van der Waals surface area contributed by atoms with Crippen LogP contribution in [0.4, 0.5) is 11.6 Å². The van der Waals surface area contributed by atoms with Crippen molar-refractivity contribution in [2.75, 3.05) is 62.8 Å². The minimum absolute atomic E-state index is 0. The van der Waals surface area contributed by atoms with Crippen LogP contribution in [-0.2, 0) is 19.1 Å². The minimum Gasteiger partial charge on any atom is -0.870 e. The molecular weight excluding hydrogens is 928 g/mol. The first-order valence-electron chi connectivity index (χ1n) is 21.6. The molecule has 9 rings (SSSR count). The average Bonchev–Trinajstić information content (AvgIpc) is 4.18. The zero-order chi connectivity index (χ0) is 49.0. The number of pyridine rings is 2. The van der Waals surface area contributed by atoms with Crippen LogP contribution in [0.25, 0.3) is 22.8 Å². The summed E-state index contributed by atoms with van der Waals surface area (Å²) in [5.74, 6) is 0.620. The zero-order valence-electron chi connectivity index (χ0n) is 39.2. The Labute approximate surface area is 426 Å². The molecule has 7 heterocycles. The van der Waals surface area contributed by atoms with Crippen molar-refractivity contribution in [3.05, 3.63) is 119 Å². The van der Waals surface area contributed by atoms with E-state index in [1.54, 1.807) is 101 Å². The summed E-state index contributed by atoms with van der Waals surface area (Å²) in [7, 11) is 1.31. The fraction of sp³-hybridized carbons (Fsp3) is 0.333. The number of anilines is 2. The van der Waals surface area contributed by atoms with Gasteiger partial charge in [0.1, 0.15) is 35.9 Å². The van der Waals surface area contributed by atoms with Gasteiger partial charge in [0.25, 0.3) is 11.8 Å². The summed E-state index contributed by atoms with van der Waals surface area (Å²) in [6.45, 7) is 5.65. The molecule has 2 aromatic carbocycles. The Morgan fingerprint density at radius 2 is 1.19 bits per heavy atom. The van der Waals surface area contributed by atoms with Gasteiger partial charge < -0.3 is 53.8 Å². The molecule has 24 heteroatoms. The summed E-state index contributed by atoms with van der Waals surface area (Å²) in [4.78, 5) is 74.1. The van der Waals surface area contributed by atoms with Crippen molar-refractivity contribution in [1.29, 1.82) is 10.5 Å². The van der Waals surface area contributed by atoms with Crippen LogP contribution in [0.5, 0.6) is 0 Å².